The van der Waals surface area contributed by atoms with Gasteiger partial charge in [-0.1, -0.05) is 23.7 Å². The molecule has 52 heavy (non-hydrogen) atoms. The van der Waals surface area contributed by atoms with Crippen LogP contribution in [0.25, 0.3) is 5.69 Å². The third-order valence-corrected chi connectivity index (χ3v) is 7.83. The van der Waals surface area contributed by atoms with Gasteiger partial charge in [0.15, 0.2) is 5.82 Å². The number of nitrogens with one attached hydrogen (secondary N) is 2. The van der Waals surface area contributed by atoms with Gasteiger partial charge in [0.2, 0.25) is 5.91 Å². The molecule has 1 aliphatic rings. The minimum absolute atomic E-state index is 0.0643. The molecule has 1 atom stereocenters. The summed E-state index contributed by atoms with van der Waals surface area (Å²) in [5.74, 6) is 1.74. The Morgan fingerprint density at radius 3 is 1.85 bits per heavy atom. The molecular formula is C35H47ClN6O10. The van der Waals surface area contributed by atoms with Crippen LogP contribution in [0.5, 0.6) is 5.75 Å². The number of carbonyl (C=O) groups excluding carboxylic acids is 1. The third-order valence-electron chi connectivity index (χ3n) is 7.58. The zero-order valence-electron chi connectivity index (χ0n) is 29.5. The topological polar surface area (TPSA) is 186 Å². The van der Waals surface area contributed by atoms with Gasteiger partial charge in [-0.15, -0.1) is 10.2 Å². The molecule has 2 aromatic carbocycles. The second-order valence-electron chi connectivity index (χ2n) is 11.3. The van der Waals surface area contributed by atoms with Crippen molar-refractivity contribution in [3.05, 3.63) is 70.3 Å². The second-order valence-corrected chi connectivity index (χ2v) is 11.7. The summed E-state index contributed by atoms with van der Waals surface area (Å²) >= 11 is 6.19. The first-order chi connectivity index (χ1) is 25.4. The molecular weight excluding hydrogens is 700 g/mol. The molecule has 0 bridgehead atoms. The van der Waals surface area contributed by atoms with Crippen molar-refractivity contribution in [2.24, 2.45) is 4.99 Å². The Morgan fingerprint density at radius 2 is 1.31 bits per heavy atom. The molecule has 0 saturated heterocycles. The van der Waals surface area contributed by atoms with E-state index in [-0.39, 0.29) is 18.9 Å². The summed E-state index contributed by atoms with van der Waals surface area (Å²) in [6.45, 7) is 7.23. The van der Waals surface area contributed by atoms with Crippen LogP contribution in [0.1, 0.15) is 35.2 Å². The lowest BCUT2D eigenvalue weighted by Gasteiger charge is -2.14. The van der Waals surface area contributed by atoms with E-state index in [2.05, 4.69) is 20.8 Å². The maximum absolute atomic E-state index is 13.1. The number of carbonyl (C=O) groups is 2. The van der Waals surface area contributed by atoms with Crippen LogP contribution in [-0.2, 0) is 33.2 Å². The highest BCUT2D eigenvalue weighted by molar-refractivity contribution is 6.30. The number of aryl methyl sites for hydroxylation is 1. The Kier molecular flexibility index (Phi) is 17.7. The number of fused-ring (bicyclic) bond motifs is 3. The fraction of sp³-hybridized carbons (Fsp3) is 0.514. The summed E-state index contributed by atoms with van der Waals surface area (Å²) < 4.78 is 40.1. The predicted molar refractivity (Wildman–Crippen MR) is 191 cm³/mol. The van der Waals surface area contributed by atoms with E-state index in [1.807, 2.05) is 54.0 Å². The van der Waals surface area contributed by atoms with Gasteiger partial charge in [-0.3, -0.25) is 14.4 Å². The van der Waals surface area contributed by atoms with Crippen LogP contribution in [0.4, 0.5) is 4.79 Å². The normalized spacial score (nSPS) is 13.5. The Labute approximate surface area is 307 Å². The van der Waals surface area contributed by atoms with E-state index in [0.29, 0.717) is 114 Å². The van der Waals surface area contributed by atoms with Crippen LogP contribution in [0.2, 0.25) is 5.02 Å². The first-order valence-electron chi connectivity index (χ1n) is 17.0. The first kappa shape index (κ1) is 40.6. The number of amides is 2. The number of aliphatic imine (C=N–C) groups is 1. The molecule has 0 spiro atoms. The average molecular weight is 747 g/mol. The minimum atomic E-state index is -1.07. The van der Waals surface area contributed by atoms with Gasteiger partial charge >= 0.3 is 6.09 Å². The van der Waals surface area contributed by atoms with Gasteiger partial charge in [0.25, 0.3) is 0 Å². The third kappa shape index (κ3) is 13.4. The lowest BCUT2D eigenvalue weighted by molar-refractivity contribution is -0.121. The zero-order valence-corrected chi connectivity index (χ0v) is 30.3. The number of hydrogen-bond acceptors (Lipinski definition) is 12. The summed E-state index contributed by atoms with van der Waals surface area (Å²) in [5.41, 5.74) is 3.21. The van der Waals surface area contributed by atoms with E-state index in [1.54, 1.807) is 7.11 Å². The standard InChI is InChI=1S/C35H47ClN6O10/c1-25-40-41-34-30(39-33(26-3-5-27(36)6-4-26)29-23-28(46-2)7-8-31(29)42(25)34)24-32(43)37-9-11-47-13-15-49-17-19-51-21-22-52-20-18-50-16-14-48-12-10-38-35(44)45/h3-8,23,30,38H,9-22,24H2,1-2H3,(H,37,43)(H,44,45). The Hall–Kier alpha value is -4.16. The molecule has 2 amide bonds. The van der Waals surface area contributed by atoms with Gasteiger partial charge in [-0.25, -0.2) is 4.79 Å². The highest BCUT2D eigenvalue weighted by Crippen LogP contribution is 2.34. The van der Waals surface area contributed by atoms with Crippen molar-refractivity contribution in [1.82, 2.24) is 25.4 Å². The van der Waals surface area contributed by atoms with E-state index < -0.39 is 12.1 Å². The summed E-state index contributed by atoms with van der Waals surface area (Å²) in [5, 5.41) is 22.9. The van der Waals surface area contributed by atoms with Crippen molar-refractivity contribution >= 4 is 29.3 Å². The molecule has 0 saturated carbocycles. The van der Waals surface area contributed by atoms with Gasteiger partial charge in [0, 0.05) is 29.2 Å². The van der Waals surface area contributed by atoms with Crippen molar-refractivity contribution < 1.29 is 47.9 Å². The van der Waals surface area contributed by atoms with Gasteiger partial charge in [0.1, 0.15) is 17.6 Å². The monoisotopic (exact) mass is 746 g/mol. The first-order valence-corrected chi connectivity index (χ1v) is 17.4. The molecule has 0 radical (unpaired) electrons. The number of rotatable bonds is 25. The lowest BCUT2D eigenvalue weighted by Crippen LogP contribution is -2.29. The smallest absolute Gasteiger partial charge is 0.404 e. The molecule has 284 valence electrons. The molecule has 17 heteroatoms. The molecule has 1 aromatic heterocycles. The number of benzene rings is 2. The van der Waals surface area contributed by atoms with E-state index in [0.717, 1.165) is 16.8 Å². The van der Waals surface area contributed by atoms with E-state index in [4.69, 9.17) is 54.9 Å². The molecule has 3 N–H and O–H groups in total. The molecule has 3 aromatic rings. The zero-order chi connectivity index (χ0) is 37.0. The molecule has 16 nitrogen and oxygen atoms in total. The fourth-order valence-corrected chi connectivity index (χ4v) is 5.24. The average Bonchev–Trinajstić information content (AvgIpc) is 3.46. The van der Waals surface area contributed by atoms with Crippen molar-refractivity contribution in [2.75, 3.05) is 99.5 Å². The number of carboxylic acid groups (broad SMARTS) is 1. The van der Waals surface area contributed by atoms with E-state index in [1.165, 1.54) is 0 Å². The number of hydrogen-bond donors (Lipinski definition) is 3. The highest BCUT2D eigenvalue weighted by atomic mass is 35.5. The number of aromatic nitrogens is 3. The molecule has 4 rings (SSSR count). The minimum Gasteiger partial charge on any atom is -0.497 e. The molecule has 1 aliphatic heterocycles. The van der Waals surface area contributed by atoms with Crippen molar-refractivity contribution in [2.45, 2.75) is 19.4 Å². The van der Waals surface area contributed by atoms with Crippen molar-refractivity contribution in [3.63, 3.8) is 0 Å². The number of ether oxygens (including phenoxy) is 7. The predicted octanol–water partition coefficient (Wildman–Crippen LogP) is 3.00. The van der Waals surface area contributed by atoms with Crippen LogP contribution in [0.3, 0.4) is 0 Å². The van der Waals surface area contributed by atoms with Crippen molar-refractivity contribution in [3.8, 4) is 11.4 Å². The molecule has 2 heterocycles. The summed E-state index contributed by atoms with van der Waals surface area (Å²) in [7, 11) is 1.61. The molecule has 1 unspecified atom stereocenters. The van der Waals surface area contributed by atoms with Gasteiger partial charge < -0.3 is 48.9 Å². The maximum atomic E-state index is 13.1. The summed E-state index contributed by atoms with van der Waals surface area (Å²) in [6.07, 6.45) is -1.01. The van der Waals surface area contributed by atoms with Crippen LogP contribution < -0.4 is 15.4 Å². The number of halogens is 1. The second kappa shape index (κ2) is 22.7. The van der Waals surface area contributed by atoms with Crippen LogP contribution in [0.15, 0.2) is 47.5 Å². The van der Waals surface area contributed by atoms with Crippen LogP contribution >= 0.6 is 11.6 Å². The van der Waals surface area contributed by atoms with Crippen molar-refractivity contribution in [1.29, 1.82) is 0 Å². The van der Waals surface area contributed by atoms with E-state index in [9.17, 15) is 9.59 Å². The molecule has 0 fully saturated rings. The van der Waals surface area contributed by atoms with Crippen LogP contribution in [0, 0.1) is 6.92 Å². The lowest BCUT2D eigenvalue weighted by atomic mass is 10.00. The van der Waals surface area contributed by atoms with Crippen LogP contribution in [-0.4, -0.2) is 137 Å². The number of methoxy groups -OCH3 is 1. The van der Waals surface area contributed by atoms with Gasteiger partial charge in [-0.2, -0.15) is 0 Å². The SMILES string of the molecule is COc1ccc2c(c1)C(c1ccc(Cl)cc1)=NC(CC(=O)NCCOCCOCCOCCOCCOCCOCCNC(=O)O)c1nnc(C)n1-2. The maximum Gasteiger partial charge on any atom is 0.404 e. The number of nitrogens with zero attached hydrogens (tertiary/aromatic N) is 4. The Bertz CT molecular complexity index is 1570. The summed E-state index contributed by atoms with van der Waals surface area (Å²) in [6, 6.07) is 12.6. The quantitative estimate of drug-likeness (QED) is 0.108. The summed E-state index contributed by atoms with van der Waals surface area (Å²) in [4.78, 5) is 28.5. The Morgan fingerprint density at radius 1 is 0.769 bits per heavy atom. The Balaban J connectivity index is 1.08. The van der Waals surface area contributed by atoms with E-state index >= 15 is 0 Å². The van der Waals surface area contributed by atoms with Gasteiger partial charge in [-0.05, 0) is 37.3 Å². The highest BCUT2D eigenvalue weighted by Gasteiger charge is 2.30. The fourth-order valence-electron chi connectivity index (χ4n) is 5.12. The molecule has 0 aliphatic carbocycles. The van der Waals surface area contributed by atoms with Gasteiger partial charge in [0.05, 0.1) is 104 Å². The largest absolute Gasteiger partial charge is 0.497 e.